The molecule has 0 radical (unpaired) electrons. The minimum absolute atomic E-state index is 0.427. The van der Waals surface area contributed by atoms with Crippen LogP contribution in [0.5, 0.6) is 0 Å². The number of unbranched alkanes of at least 4 members (excludes halogenated alkanes) is 1. The van der Waals surface area contributed by atoms with E-state index in [1.807, 2.05) is 13.8 Å². The van der Waals surface area contributed by atoms with Gasteiger partial charge in [0.25, 0.3) is 0 Å². The summed E-state index contributed by atoms with van der Waals surface area (Å²) in [6, 6.07) is -1.39. The number of nitrogens with zero attached hydrogens (tertiary/aromatic N) is 1. The SMILES string of the molecule is CCCCC(NC(=O)Nc1ncc(C)s1)C(=O)O. The van der Waals surface area contributed by atoms with Crippen molar-refractivity contribution in [2.75, 3.05) is 5.32 Å². The minimum Gasteiger partial charge on any atom is -0.480 e. The highest BCUT2D eigenvalue weighted by Crippen LogP contribution is 2.16. The van der Waals surface area contributed by atoms with Crippen molar-refractivity contribution >= 4 is 28.5 Å². The van der Waals surface area contributed by atoms with Crippen LogP contribution in [0.1, 0.15) is 31.1 Å². The highest BCUT2D eigenvalue weighted by molar-refractivity contribution is 7.15. The molecule has 0 spiro atoms. The number of carbonyl (C=O) groups is 2. The number of aliphatic carboxylic acids is 1. The van der Waals surface area contributed by atoms with Gasteiger partial charge in [0.1, 0.15) is 6.04 Å². The molecule has 2 amide bonds. The van der Waals surface area contributed by atoms with Crippen LogP contribution in [0, 0.1) is 6.92 Å². The number of rotatable bonds is 6. The van der Waals surface area contributed by atoms with E-state index >= 15 is 0 Å². The Morgan fingerprint density at radius 3 is 2.78 bits per heavy atom. The van der Waals surface area contributed by atoms with Crippen molar-refractivity contribution in [1.82, 2.24) is 10.3 Å². The largest absolute Gasteiger partial charge is 0.480 e. The van der Waals surface area contributed by atoms with E-state index in [0.29, 0.717) is 11.6 Å². The Morgan fingerprint density at radius 2 is 2.28 bits per heavy atom. The summed E-state index contributed by atoms with van der Waals surface area (Å²) >= 11 is 1.34. The summed E-state index contributed by atoms with van der Waals surface area (Å²) < 4.78 is 0. The number of hydrogen-bond donors (Lipinski definition) is 3. The molecule has 1 rings (SSSR count). The average molecular weight is 271 g/mol. The summed E-state index contributed by atoms with van der Waals surface area (Å²) in [4.78, 5) is 27.5. The Morgan fingerprint density at radius 1 is 1.56 bits per heavy atom. The van der Waals surface area contributed by atoms with E-state index in [1.165, 1.54) is 11.3 Å². The zero-order chi connectivity index (χ0) is 13.5. The number of thiazole rings is 1. The van der Waals surface area contributed by atoms with Crippen LogP contribution in [0.4, 0.5) is 9.93 Å². The third-order valence-electron chi connectivity index (χ3n) is 2.29. The van der Waals surface area contributed by atoms with Crippen molar-refractivity contribution in [2.24, 2.45) is 0 Å². The monoisotopic (exact) mass is 271 g/mol. The van der Waals surface area contributed by atoms with Gasteiger partial charge in [0.05, 0.1) is 0 Å². The molecule has 1 aromatic heterocycles. The Balaban J connectivity index is 2.48. The van der Waals surface area contributed by atoms with Gasteiger partial charge < -0.3 is 10.4 Å². The van der Waals surface area contributed by atoms with Crippen LogP contribution in [-0.2, 0) is 4.79 Å². The maximum atomic E-state index is 11.6. The lowest BCUT2D eigenvalue weighted by molar-refractivity contribution is -0.139. The maximum Gasteiger partial charge on any atom is 0.326 e. The first-order valence-electron chi connectivity index (χ1n) is 5.75. The molecule has 1 aromatic rings. The predicted molar refractivity (Wildman–Crippen MR) is 70.0 cm³/mol. The molecule has 1 heterocycles. The minimum atomic E-state index is -1.02. The van der Waals surface area contributed by atoms with Gasteiger partial charge in [-0.05, 0) is 13.3 Å². The Labute approximate surface area is 109 Å². The summed E-state index contributed by atoms with van der Waals surface area (Å²) in [5, 5.41) is 14.4. The van der Waals surface area contributed by atoms with Gasteiger partial charge in [0.2, 0.25) is 0 Å². The van der Waals surface area contributed by atoms with E-state index in [4.69, 9.17) is 5.11 Å². The molecule has 0 aliphatic carbocycles. The lowest BCUT2D eigenvalue weighted by Crippen LogP contribution is -2.42. The number of aryl methyl sites for hydroxylation is 1. The van der Waals surface area contributed by atoms with Gasteiger partial charge in [-0.1, -0.05) is 19.8 Å². The second-order valence-electron chi connectivity index (χ2n) is 3.91. The number of aromatic nitrogens is 1. The molecule has 18 heavy (non-hydrogen) atoms. The molecule has 0 saturated heterocycles. The third kappa shape index (κ3) is 4.70. The van der Waals surface area contributed by atoms with Gasteiger partial charge in [-0.25, -0.2) is 14.6 Å². The molecular weight excluding hydrogens is 254 g/mol. The zero-order valence-electron chi connectivity index (χ0n) is 10.4. The fraction of sp³-hybridized carbons (Fsp3) is 0.545. The predicted octanol–water partition coefficient (Wildman–Crippen LogP) is 2.22. The smallest absolute Gasteiger partial charge is 0.326 e. The molecule has 1 atom stereocenters. The standard InChI is InChI=1S/C11H17N3O3S/c1-3-4-5-8(9(15)16)13-10(17)14-11-12-6-7(2)18-11/h6,8H,3-5H2,1-2H3,(H,15,16)(H2,12,13,14,17). The highest BCUT2D eigenvalue weighted by Gasteiger charge is 2.19. The Hall–Kier alpha value is -1.63. The fourth-order valence-electron chi connectivity index (χ4n) is 1.37. The lowest BCUT2D eigenvalue weighted by atomic mass is 10.1. The van der Waals surface area contributed by atoms with E-state index in [9.17, 15) is 9.59 Å². The van der Waals surface area contributed by atoms with Gasteiger partial charge in [-0.2, -0.15) is 0 Å². The van der Waals surface area contributed by atoms with E-state index in [0.717, 1.165) is 17.7 Å². The van der Waals surface area contributed by atoms with Crippen LogP contribution in [-0.4, -0.2) is 28.1 Å². The topological polar surface area (TPSA) is 91.3 Å². The van der Waals surface area contributed by atoms with E-state index in [2.05, 4.69) is 15.6 Å². The first-order valence-corrected chi connectivity index (χ1v) is 6.57. The molecule has 0 aliphatic rings. The van der Waals surface area contributed by atoms with Gasteiger partial charge >= 0.3 is 12.0 Å². The molecule has 0 saturated carbocycles. The molecule has 0 bridgehead atoms. The van der Waals surface area contributed by atoms with Gasteiger partial charge in [0, 0.05) is 11.1 Å². The van der Waals surface area contributed by atoms with Crippen LogP contribution in [0.3, 0.4) is 0 Å². The highest BCUT2D eigenvalue weighted by atomic mass is 32.1. The average Bonchev–Trinajstić information content (AvgIpc) is 2.69. The molecule has 1 unspecified atom stereocenters. The van der Waals surface area contributed by atoms with E-state index < -0.39 is 18.0 Å². The van der Waals surface area contributed by atoms with Crippen molar-refractivity contribution in [3.63, 3.8) is 0 Å². The summed E-state index contributed by atoms with van der Waals surface area (Å²) in [7, 11) is 0. The fourth-order valence-corrected chi connectivity index (χ4v) is 2.03. The molecular formula is C11H17N3O3S. The van der Waals surface area contributed by atoms with Gasteiger partial charge in [0.15, 0.2) is 5.13 Å². The van der Waals surface area contributed by atoms with Crippen molar-refractivity contribution in [3.8, 4) is 0 Å². The number of amides is 2. The number of carboxylic acid groups (broad SMARTS) is 1. The first kappa shape index (κ1) is 14.4. The van der Waals surface area contributed by atoms with Crippen LogP contribution in [0.2, 0.25) is 0 Å². The normalized spacial score (nSPS) is 11.9. The summed E-state index contributed by atoms with van der Waals surface area (Å²) in [5.41, 5.74) is 0. The van der Waals surface area contributed by atoms with Crippen LogP contribution in [0.25, 0.3) is 0 Å². The summed E-state index contributed by atoms with van der Waals surface area (Å²) in [5.74, 6) is -1.02. The van der Waals surface area contributed by atoms with Crippen molar-refractivity contribution in [3.05, 3.63) is 11.1 Å². The van der Waals surface area contributed by atoms with Crippen LogP contribution in [0.15, 0.2) is 6.20 Å². The number of hydrogen-bond acceptors (Lipinski definition) is 4. The number of nitrogens with one attached hydrogen (secondary N) is 2. The number of carbonyl (C=O) groups excluding carboxylic acids is 1. The molecule has 0 fully saturated rings. The van der Waals surface area contributed by atoms with Crippen LogP contribution >= 0.6 is 11.3 Å². The molecule has 3 N–H and O–H groups in total. The van der Waals surface area contributed by atoms with Crippen molar-refractivity contribution in [2.45, 2.75) is 39.2 Å². The maximum absolute atomic E-state index is 11.6. The second kappa shape index (κ2) is 6.95. The summed E-state index contributed by atoms with van der Waals surface area (Å²) in [6.07, 6.45) is 3.72. The first-order chi connectivity index (χ1) is 8.52. The quantitative estimate of drug-likeness (QED) is 0.739. The van der Waals surface area contributed by atoms with Crippen LogP contribution < -0.4 is 10.6 Å². The zero-order valence-corrected chi connectivity index (χ0v) is 11.2. The van der Waals surface area contributed by atoms with Crippen molar-refractivity contribution in [1.29, 1.82) is 0 Å². The number of anilines is 1. The summed E-state index contributed by atoms with van der Waals surface area (Å²) in [6.45, 7) is 3.85. The number of urea groups is 1. The second-order valence-corrected chi connectivity index (χ2v) is 5.14. The van der Waals surface area contributed by atoms with Gasteiger partial charge in [-0.3, -0.25) is 5.32 Å². The molecule has 0 aliphatic heterocycles. The van der Waals surface area contributed by atoms with Gasteiger partial charge in [-0.15, -0.1) is 11.3 Å². The molecule has 0 aromatic carbocycles. The molecule has 100 valence electrons. The van der Waals surface area contributed by atoms with Crippen molar-refractivity contribution < 1.29 is 14.7 Å². The number of carboxylic acids is 1. The van der Waals surface area contributed by atoms with E-state index in [-0.39, 0.29) is 0 Å². The lowest BCUT2D eigenvalue weighted by Gasteiger charge is -2.13. The third-order valence-corrected chi connectivity index (χ3v) is 3.12. The van der Waals surface area contributed by atoms with E-state index in [1.54, 1.807) is 6.20 Å². The Bertz CT molecular complexity index is 419. The molecule has 6 nitrogen and oxygen atoms in total. The molecule has 7 heteroatoms. The Kier molecular flexibility index (Phi) is 5.57.